The fourth-order valence-corrected chi connectivity index (χ4v) is 10.1. The number of hydrogen-bond donors (Lipinski definition) is 0. The van der Waals surface area contributed by atoms with Crippen molar-refractivity contribution in [2.75, 3.05) is 0 Å². The van der Waals surface area contributed by atoms with E-state index >= 15 is 0 Å². The van der Waals surface area contributed by atoms with Crippen molar-refractivity contribution in [3.63, 3.8) is 0 Å². The van der Waals surface area contributed by atoms with Gasteiger partial charge in [-0.3, -0.25) is 0 Å². The minimum atomic E-state index is 0.690. The van der Waals surface area contributed by atoms with Crippen LogP contribution in [0.5, 0.6) is 0 Å². The number of aliphatic imine (C=N–C) groups is 2. The number of rotatable bonds is 6. The van der Waals surface area contributed by atoms with Crippen molar-refractivity contribution >= 4 is 103 Å². The molecule has 0 spiro atoms. The van der Waals surface area contributed by atoms with Crippen LogP contribution in [0.25, 0.3) is 85.7 Å². The highest BCUT2D eigenvalue weighted by Crippen LogP contribution is 2.44. The zero-order valence-corrected chi connectivity index (χ0v) is 34.6. The molecule has 0 radical (unpaired) electrons. The molecule has 286 valence electrons. The summed E-state index contributed by atoms with van der Waals surface area (Å²) in [6.45, 7) is 6.53. The lowest BCUT2D eigenvalue weighted by Gasteiger charge is -2.16. The van der Waals surface area contributed by atoms with Crippen LogP contribution in [-0.4, -0.2) is 16.1 Å². The maximum atomic E-state index is 5.67. The van der Waals surface area contributed by atoms with Crippen LogP contribution in [0, 0.1) is 0 Å². The lowest BCUT2D eigenvalue weighted by Crippen LogP contribution is -2.05. The Morgan fingerprint density at radius 2 is 1.13 bits per heavy atom. The lowest BCUT2D eigenvalue weighted by atomic mass is 9.99. The first kappa shape index (κ1) is 36.0. The van der Waals surface area contributed by atoms with Gasteiger partial charge in [-0.1, -0.05) is 146 Å². The molecule has 2 aromatic heterocycles. The molecule has 0 bridgehead atoms. The van der Waals surface area contributed by atoms with Gasteiger partial charge in [0, 0.05) is 47.8 Å². The van der Waals surface area contributed by atoms with Gasteiger partial charge in [-0.15, -0.1) is 11.3 Å². The number of fused-ring (bicyclic) bond motifs is 10. The molecule has 0 unspecified atom stereocenters. The smallest absolute Gasteiger partial charge is 0.160 e. The number of para-hydroxylation sites is 1. The maximum absolute atomic E-state index is 5.67. The Hall–Kier alpha value is -7.14. The molecule has 3 nitrogen and oxygen atoms in total. The van der Waals surface area contributed by atoms with Crippen molar-refractivity contribution < 1.29 is 0 Å². The van der Waals surface area contributed by atoms with Crippen LogP contribution in [-0.2, 0) is 0 Å². The van der Waals surface area contributed by atoms with Crippen molar-refractivity contribution in [3.8, 4) is 5.69 Å². The van der Waals surface area contributed by atoms with E-state index in [0.29, 0.717) is 5.84 Å². The number of hydrogen-bond acceptors (Lipinski definition) is 2. The zero-order valence-electron chi connectivity index (χ0n) is 33.8. The third-order valence-corrected chi connectivity index (χ3v) is 13.3. The van der Waals surface area contributed by atoms with E-state index in [1.165, 1.54) is 74.5 Å². The molecule has 9 aromatic carbocycles. The third-order valence-electron chi connectivity index (χ3n) is 12.1. The SMILES string of the molecule is CC/C(C)=C(/N=C(N=C(C)c1ccccc1)c1ccc2c(ccc3ccccc32)c1)c1cc(-n2c3ccccc3c3cc4ccccc4cc32)c2c(c1)sc1ccccc12. The number of aromatic nitrogens is 1. The van der Waals surface area contributed by atoms with Gasteiger partial charge in [-0.25, -0.2) is 9.98 Å². The summed E-state index contributed by atoms with van der Waals surface area (Å²) < 4.78 is 5.00. The van der Waals surface area contributed by atoms with Crippen molar-refractivity contribution in [2.45, 2.75) is 27.2 Å². The monoisotopic (exact) mass is 787 g/mol. The summed E-state index contributed by atoms with van der Waals surface area (Å²) in [4.78, 5) is 11.1. The van der Waals surface area contributed by atoms with Crippen LogP contribution >= 0.6 is 11.3 Å². The first-order chi connectivity index (χ1) is 29.5. The highest BCUT2D eigenvalue weighted by molar-refractivity contribution is 7.25. The van der Waals surface area contributed by atoms with Gasteiger partial charge >= 0.3 is 0 Å². The quantitative estimate of drug-likeness (QED) is 0.0913. The predicted octanol–water partition coefficient (Wildman–Crippen LogP) is 15.7. The molecule has 4 heteroatoms. The van der Waals surface area contributed by atoms with Gasteiger partial charge in [0.05, 0.1) is 22.4 Å². The Balaban J connectivity index is 1.20. The molecule has 0 saturated heterocycles. The van der Waals surface area contributed by atoms with Crippen LogP contribution in [0.1, 0.15) is 43.9 Å². The zero-order chi connectivity index (χ0) is 40.3. The average molecular weight is 788 g/mol. The number of nitrogens with zero attached hydrogens (tertiary/aromatic N) is 3. The second-order valence-electron chi connectivity index (χ2n) is 15.7. The molecule has 0 N–H and O–H groups in total. The molecule has 0 aliphatic rings. The van der Waals surface area contributed by atoms with E-state index in [-0.39, 0.29) is 0 Å². The number of thiophene rings is 1. The highest BCUT2D eigenvalue weighted by Gasteiger charge is 2.21. The van der Waals surface area contributed by atoms with Gasteiger partial charge in [0.1, 0.15) is 0 Å². The Kier molecular flexibility index (Phi) is 8.75. The van der Waals surface area contributed by atoms with E-state index < -0.39 is 0 Å². The maximum Gasteiger partial charge on any atom is 0.160 e. The highest BCUT2D eigenvalue weighted by atomic mass is 32.1. The fourth-order valence-electron chi connectivity index (χ4n) is 8.95. The molecule has 11 rings (SSSR count). The normalized spacial score (nSPS) is 13.1. The molecule has 0 aliphatic carbocycles. The van der Waals surface area contributed by atoms with E-state index in [4.69, 9.17) is 9.98 Å². The summed E-state index contributed by atoms with van der Waals surface area (Å²) in [7, 11) is 0. The molecule has 0 fully saturated rings. The predicted molar refractivity (Wildman–Crippen MR) is 261 cm³/mol. The van der Waals surface area contributed by atoms with Crippen molar-refractivity contribution in [2.24, 2.45) is 9.98 Å². The molecule has 0 aliphatic heterocycles. The first-order valence-corrected chi connectivity index (χ1v) is 21.5. The number of allylic oxidation sites excluding steroid dienone is 1. The summed E-state index contributed by atoms with van der Waals surface area (Å²) in [5.74, 6) is 0.690. The molecule has 2 heterocycles. The van der Waals surface area contributed by atoms with E-state index in [0.717, 1.165) is 45.6 Å². The number of amidine groups is 1. The van der Waals surface area contributed by atoms with Crippen LogP contribution in [0.15, 0.2) is 198 Å². The van der Waals surface area contributed by atoms with Crippen molar-refractivity contribution in [1.29, 1.82) is 0 Å². The summed E-state index contributed by atoms with van der Waals surface area (Å²) in [6, 6.07) is 66.0. The van der Waals surface area contributed by atoms with Crippen LogP contribution in [0.2, 0.25) is 0 Å². The fraction of sp³-hybridized carbons (Fsp3) is 0.0714. The Labute approximate surface area is 352 Å². The van der Waals surface area contributed by atoms with Gasteiger partial charge in [0.15, 0.2) is 5.84 Å². The van der Waals surface area contributed by atoms with Crippen LogP contribution in [0.4, 0.5) is 0 Å². The van der Waals surface area contributed by atoms with E-state index in [2.05, 4.69) is 201 Å². The first-order valence-electron chi connectivity index (χ1n) is 20.7. The standard InChI is InChI=1S/C56H41N3S/c1-4-35(2)55(58-56(57-36(3)37-16-6-5-7-17-37)42-28-29-45-41(30-42)27-26-38-18-10-11-21-44(38)45)43-33-51(54-47-23-13-15-25-52(47)60-53(54)34-43)59-49-24-14-12-22-46(49)48-31-39-19-8-9-20-40(39)32-50(48)59/h5-34H,4H2,1-3H3/b55-35+,57-36?,58-56?. The van der Waals surface area contributed by atoms with Gasteiger partial charge in [0.25, 0.3) is 0 Å². The summed E-state index contributed by atoms with van der Waals surface area (Å²) in [5, 5.41) is 12.3. The van der Waals surface area contributed by atoms with Crippen molar-refractivity contribution in [1.82, 2.24) is 4.57 Å². The summed E-state index contributed by atoms with van der Waals surface area (Å²) >= 11 is 1.85. The second kappa shape index (κ2) is 14.6. The van der Waals surface area contributed by atoms with Crippen LogP contribution in [0.3, 0.4) is 0 Å². The van der Waals surface area contributed by atoms with E-state index in [9.17, 15) is 0 Å². The molecular formula is C56H41N3S. The molecular weight excluding hydrogens is 747 g/mol. The van der Waals surface area contributed by atoms with E-state index in [1.54, 1.807) is 0 Å². The van der Waals surface area contributed by atoms with Crippen molar-refractivity contribution in [3.05, 3.63) is 204 Å². The summed E-state index contributed by atoms with van der Waals surface area (Å²) in [5.41, 5.74) is 9.72. The summed E-state index contributed by atoms with van der Waals surface area (Å²) in [6.07, 6.45) is 0.846. The molecule has 0 amide bonds. The Bertz CT molecular complexity index is 3600. The van der Waals surface area contributed by atoms with E-state index in [1.807, 2.05) is 17.4 Å². The Morgan fingerprint density at radius 3 is 1.95 bits per heavy atom. The van der Waals surface area contributed by atoms with Gasteiger partial charge in [0.2, 0.25) is 0 Å². The number of benzene rings is 9. The lowest BCUT2D eigenvalue weighted by molar-refractivity contribution is 1.09. The molecule has 11 aromatic rings. The van der Waals surface area contributed by atoms with Gasteiger partial charge < -0.3 is 4.57 Å². The minimum absolute atomic E-state index is 0.690. The second-order valence-corrected chi connectivity index (χ2v) is 16.8. The molecule has 60 heavy (non-hydrogen) atoms. The average Bonchev–Trinajstić information content (AvgIpc) is 3.84. The van der Waals surface area contributed by atoms with Gasteiger partial charge in [-0.2, -0.15) is 0 Å². The molecule has 0 atom stereocenters. The van der Waals surface area contributed by atoms with Gasteiger partial charge in [-0.05, 0) is 106 Å². The minimum Gasteiger partial charge on any atom is -0.309 e. The topological polar surface area (TPSA) is 29.6 Å². The third kappa shape index (κ3) is 6.03. The Morgan fingerprint density at radius 1 is 0.467 bits per heavy atom. The molecule has 0 saturated carbocycles. The largest absolute Gasteiger partial charge is 0.309 e. The van der Waals surface area contributed by atoms with Crippen LogP contribution < -0.4 is 0 Å².